The van der Waals surface area contributed by atoms with Gasteiger partial charge in [0, 0.05) is 11.5 Å². The standard InChI is InChI=1S/C19H21NO5S/c1-19(2,3)15(21)10-16-20-18(22)14(26-16)9-11-7-12(23-4)17-13(8-11)24-5-6-25-17/h7-10H,5-6H2,1-4H3,(H,20,22)/b14-9-,16-10-. The molecule has 0 saturated heterocycles. The normalized spacial score (nSPS) is 15.2. The molecule has 2 heterocycles. The smallest absolute Gasteiger partial charge is 0.266 e. The SMILES string of the molecule is COc1cc(/C=c2\s/c(=C\C(=O)C(C)(C)C)[nH]c2=O)cc2c1OCCO2. The third-order valence-corrected chi connectivity index (χ3v) is 4.79. The van der Waals surface area contributed by atoms with Crippen molar-refractivity contribution in [3.63, 3.8) is 0 Å². The van der Waals surface area contributed by atoms with Crippen molar-refractivity contribution in [1.29, 1.82) is 0 Å². The Labute approximate surface area is 154 Å². The summed E-state index contributed by atoms with van der Waals surface area (Å²) in [4.78, 5) is 27.1. The van der Waals surface area contributed by atoms with Crippen molar-refractivity contribution in [1.82, 2.24) is 4.98 Å². The topological polar surface area (TPSA) is 77.6 Å². The molecule has 138 valence electrons. The Bertz CT molecular complexity index is 993. The average Bonchev–Trinajstić information content (AvgIpc) is 2.92. The number of carbonyl (C=O) groups is 1. The van der Waals surface area contributed by atoms with Gasteiger partial charge in [-0.3, -0.25) is 9.59 Å². The number of hydrogen-bond donors (Lipinski definition) is 1. The van der Waals surface area contributed by atoms with Crippen LogP contribution in [0, 0.1) is 5.41 Å². The zero-order valence-corrected chi connectivity index (χ0v) is 16.0. The van der Waals surface area contributed by atoms with Gasteiger partial charge < -0.3 is 19.2 Å². The second-order valence-electron chi connectivity index (χ2n) is 6.93. The number of methoxy groups -OCH3 is 1. The first-order valence-corrected chi connectivity index (χ1v) is 9.04. The van der Waals surface area contributed by atoms with Crippen molar-refractivity contribution in [2.24, 2.45) is 5.41 Å². The van der Waals surface area contributed by atoms with E-state index in [-0.39, 0.29) is 11.3 Å². The van der Waals surface area contributed by atoms with Gasteiger partial charge in [0.1, 0.15) is 13.2 Å². The van der Waals surface area contributed by atoms with Crippen LogP contribution in [0.3, 0.4) is 0 Å². The van der Waals surface area contributed by atoms with Crippen molar-refractivity contribution in [3.8, 4) is 17.2 Å². The molecular weight excluding hydrogens is 354 g/mol. The summed E-state index contributed by atoms with van der Waals surface area (Å²) in [5.41, 5.74) is 0.0254. The summed E-state index contributed by atoms with van der Waals surface area (Å²) < 4.78 is 17.6. The molecule has 1 aliphatic rings. The summed E-state index contributed by atoms with van der Waals surface area (Å²) in [6.45, 7) is 6.45. The van der Waals surface area contributed by atoms with E-state index in [0.717, 1.165) is 5.56 Å². The number of hydrogen-bond acceptors (Lipinski definition) is 6. The van der Waals surface area contributed by atoms with E-state index in [1.807, 2.05) is 20.8 Å². The molecule has 1 N–H and O–H groups in total. The van der Waals surface area contributed by atoms with Crippen LogP contribution in [0.15, 0.2) is 16.9 Å². The molecule has 3 rings (SSSR count). The van der Waals surface area contributed by atoms with Gasteiger partial charge in [-0.25, -0.2) is 0 Å². The van der Waals surface area contributed by atoms with Crippen LogP contribution >= 0.6 is 11.3 Å². The molecule has 0 atom stereocenters. The van der Waals surface area contributed by atoms with Crippen LogP contribution in [0.2, 0.25) is 0 Å². The van der Waals surface area contributed by atoms with Crippen LogP contribution < -0.4 is 29.0 Å². The van der Waals surface area contributed by atoms with Gasteiger partial charge in [0.25, 0.3) is 5.56 Å². The lowest BCUT2D eigenvalue weighted by Gasteiger charge is -2.20. The maximum atomic E-state index is 12.2. The van der Waals surface area contributed by atoms with Gasteiger partial charge in [-0.2, -0.15) is 0 Å². The van der Waals surface area contributed by atoms with Crippen LogP contribution in [0.25, 0.3) is 12.2 Å². The number of Topliss-reactive ketones (excluding diaryl/α,β-unsaturated/α-hetero) is 1. The third-order valence-electron chi connectivity index (χ3n) is 3.83. The molecule has 0 bridgehead atoms. The van der Waals surface area contributed by atoms with E-state index in [2.05, 4.69) is 4.98 Å². The number of ether oxygens (including phenoxy) is 3. The fourth-order valence-electron chi connectivity index (χ4n) is 2.39. The number of thiazole rings is 1. The van der Waals surface area contributed by atoms with E-state index in [9.17, 15) is 9.59 Å². The average molecular weight is 375 g/mol. The molecule has 0 radical (unpaired) electrons. The number of fused-ring (bicyclic) bond motifs is 1. The number of H-pyrrole nitrogens is 1. The lowest BCUT2D eigenvalue weighted by atomic mass is 9.91. The molecule has 0 unspecified atom stereocenters. The number of ketones is 1. The first-order valence-electron chi connectivity index (χ1n) is 8.22. The highest BCUT2D eigenvalue weighted by atomic mass is 32.1. The van der Waals surface area contributed by atoms with E-state index in [1.54, 1.807) is 25.3 Å². The van der Waals surface area contributed by atoms with E-state index in [4.69, 9.17) is 14.2 Å². The van der Waals surface area contributed by atoms with Crippen LogP contribution in [0.5, 0.6) is 17.2 Å². The highest BCUT2D eigenvalue weighted by Gasteiger charge is 2.19. The molecule has 2 aromatic rings. The largest absolute Gasteiger partial charge is 0.493 e. The molecule has 7 heteroatoms. The van der Waals surface area contributed by atoms with Gasteiger partial charge in [-0.05, 0) is 23.8 Å². The number of nitrogens with one attached hydrogen (secondary N) is 1. The van der Waals surface area contributed by atoms with Crippen LogP contribution in [0.1, 0.15) is 26.3 Å². The number of aromatic nitrogens is 1. The Morgan fingerprint density at radius 3 is 2.69 bits per heavy atom. The number of benzene rings is 1. The van der Waals surface area contributed by atoms with Crippen molar-refractivity contribution >= 4 is 29.3 Å². The van der Waals surface area contributed by atoms with E-state index in [0.29, 0.717) is 39.7 Å². The first-order chi connectivity index (χ1) is 12.3. The fraction of sp³-hybridized carbons (Fsp3) is 0.368. The minimum absolute atomic E-state index is 0.0393. The fourth-order valence-corrected chi connectivity index (χ4v) is 3.27. The van der Waals surface area contributed by atoms with Gasteiger partial charge in [-0.15, -0.1) is 11.3 Å². The first kappa shape index (κ1) is 18.3. The minimum atomic E-state index is -0.492. The molecule has 1 aromatic heterocycles. The Hall–Kier alpha value is -2.54. The van der Waals surface area contributed by atoms with Crippen LogP contribution in [-0.2, 0) is 4.79 Å². The molecule has 0 amide bonds. The van der Waals surface area contributed by atoms with Gasteiger partial charge in [0.05, 0.1) is 16.3 Å². The maximum Gasteiger partial charge on any atom is 0.266 e. The zero-order valence-electron chi connectivity index (χ0n) is 15.2. The van der Waals surface area contributed by atoms with Gasteiger partial charge >= 0.3 is 0 Å². The summed E-state index contributed by atoms with van der Waals surface area (Å²) in [6, 6.07) is 3.59. The second kappa shape index (κ2) is 6.99. The Morgan fingerprint density at radius 2 is 2.00 bits per heavy atom. The van der Waals surface area contributed by atoms with E-state index in [1.165, 1.54) is 17.4 Å². The summed E-state index contributed by atoms with van der Waals surface area (Å²) in [6.07, 6.45) is 3.22. The highest BCUT2D eigenvalue weighted by Crippen LogP contribution is 2.40. The second-order valence-corrected chi connectivity index (χ2v) is 8.02. The highest BCUT2D eigenvalue weighted by molar-refractivity contribution is 7.07. The molecule has 0 aliphatic carbocycles. The molecule has 1 aliphatic heterocycles. The van der Waals surface area contributed by atoms with Crippen molar-refractivity contribution in [2.75, 3.05) is 20.3 Å². The summed E-state index contributed by atoms with van der Waals surface area (Å²) >= 11 is 1.24. The zero-order chi connectivity index (χ0) is 18.9. The Morgan fingerprint density at radius 1 is 1.27 bits per heavy atom. The Balaban J connectivity index is 2.05. The monoisotopic (exact) mass is 375 g/mol. The molecule has 0 fully saturated rings. The number of rotatable bonds is 3. The molecule has 0 spiro atoms. The molecule has 0 saturated carbocycles. The lowest BCUT2D eigenvalue weighted by molar-refractivity contribution is -0.119. The van der Waals surface area contributed by atoms with Crippen molar-refractivity contribution < 1.29 is 19.0 Å². The number of carbonyl (C=O) groups excluding carboxylic acids is 1. The quantitative estimate of drug-likeness (QED) is 0.878. The molecule has 6 nitrogen and oxygen atoms in total. The van der Waals surface area contributed by atoms with Gasteiger partial charge in [0.15, 0.2) is 17.3 Å². The van der Waals surface area contributed by atoms with E-state index >= 15 is 0 Å². The molecule has 26 heavy (non-hydrogen) atoms. The van der Waals surface area contributed by atoms with Crippen molar-refractivity contribution in [2.45, 2.75) is 20.8 Å². The minimum Gasteiger partial charge on any atom is -0.493 e. The molecular formula is C19H21NO5S. The third kappa shape index (κ3) is 3.83. The number of aromatic amines is 1. The summed E-state index contributed by atoms with van der Waals surface area (Å²) in [5.74, 6) is 1.67. The lowest BCUT2D eigenvalue weighted by Crippen LogP contribution is -2.22. The van der Waals surface area contributed by atoms with Gasteiger partial charge in [-0.1, -0.05) is 20.8 Å². The van der Waals surface area contributed by atoms with Crippen LogP contribution in [-0.4, -0.2) is 31.1 Å². The summed E-state index contributed by atoms with van der Waals surface area (Å²) in [7, 11) is 1.56. The maximum absolute atomic E-state index is 12.2. The van der Waals surface area contributed by atoms with Gasteiger partial charge in [0.2, 0.25) is 5.75 Å². The predicted octanol–water partition coefficient (Wildman–Crippen LogP) is 1.44. The van der Waals surface area contributed by atoms with E-state index < -0.39 is 5.41 Å². The van der Waals surface area contributed by atoms with Crippen molar-refractivity contribution in [3.05, 3.63) is 37.2 Å². The molecule has 1 aromatic carbocycles. The summed E-state index contributed by atoms with van der Waals surface area (Å²) in [5, 5.41) is 0. The predicted molar refractivity (Wildman–Crippen MR) is 101 cm³/mol. The van der Waals surface area contributed by atoms with Crippen LogP contribution in [0.4, 0.5) is 0 Å². The Kier molecular flexibility index (Phi) is 4.91.